The van der Waals surface area contributed by atoms with Crippen LogP contribution in [0.2, 0.25) is 0 Å². The number of anilines is 1. The van der Waals surface area contributed by atoms with Crippen LogP contribution in [0.25, 0.3) is 0 Å². The minimum absolute atomic E-state index is 0.844. The molecule has 0 amide bonds. The van der Waals surface area contributed by atoms with Gasteiger partial charge in [-0.25, -0.2) is 8.42 Å². The molecule has 110 valence electrons. The van der Waals surface area contributed by atoms with Gasteiger partial charge < -0.3 is 4.55 Å². The van der Waals surface area contributed by atoms with Crippen molar-refractivity contribution in [2.24, 2.45) is 0 Å². The molecule has 1 aromatic rings. The van der Waals surface area contributed by atoms with E-state index in [0.29, 0.717) is 0 Å². The van der Waals surface area contributed by atoms with E-state index in [2.05, 4.69) is 4.98 Å². The molecule has 0 saturated carbocycles. The smallest absolute Gasteiger partial charge is 0.390 e. The van der Waals surface area contributed by atoms with E-state index in [-0.39, 0.29) is 0 Å². The summed E-state index contributed by atoms with van der Waals surface area (Å²) in [4.78, 5) is 7.42. The van der Waals surface area contributed by atoms with Crippen LogP contribution < -0.4 is 14.3 Å². The number of thioether (sulfide) groups is 1. The van der Waals surface area contributed by atoms with E-state index in [1.807, 2.05) is 36.9 Å². The first-order chi connectivity index (χ1) is 8.56. The SMILES string of the molecule is CSC(=S)N(C)c1nc(=[N+](C)C)ss1.O=S(=O)([O-])F. The summed E-state index contributed by atoms with van der Waals surface area (Å²) in [6.45, 7) is 0. The maximum absolute atomic E-state index is 10.1. The summed E-state index contributed by atoms with van der Waals surface area (Å²) in [5.74, 6) is 0. The minimum Gasteiger partial charge on any atom is -0.722 e. The zero-order valence-electron chi connectivity index (χ0n) is 10.5. The van der Waals surface area contributed by atoms with E-state index < -0.39 is 10.5 Å². The first kappa shape index (κ1) is 18.9. The first-order valence-electron chi connectivity index (χ1n) is 4.51. The second kappa shape index (κ2) is 8.21. The predicted molar refractivity (Wildman–Crippen MR) is 82.4 cm³/mol. The first-order valence-corrected chi connectivity index (χ1v) is 9.60. The molecule has 0 N–H and O–H groups in total. The average Bonchev–Trinajstić information content (AvgIpc) is 2.74. The number of nitrogens with zero attached hydrogens (tertiary/aromatic N) is 3. The summed E-state index contributed by atoms with van der Waals surface area (Å²) in [5, 5.41) is 0.957. The van der Waals surface area contributed by atoms with Crippen molar-refractivity contribution in [3.05, 3.63) is 4.80 Å². The van der Waals surface area contributed by atoms with Gasteiger partial charge in [-0.1, -0.05) is 24.0 Å². The average molecular weight is 366 g/mol. The normalized spacial score (nSPS) is 10.4. The fourth-order valence-electron chi connectivity index (χ4n) is 0.714. The molecule has 0 radical (unpaired) electrons. The Morgan fingerprint density at radius 1 is 1.53 bits per heavy atom. The van der Waals surface area contributed by atoms with E-state index >= 15 is 0 Å². The number of hydrogen-bond donors (Lipinski definition) is 0. The predicted octanol–water partition coefficient (Wildman–Crippen LogP) is 0.737. The van der Waals surface area contributed by atoms with Crippen LogP contribution in [-0.4, -0.2) is 49.7 Å². The van der Waals surface area contributed by atoms with Gasteiger partial charge in [0.05, 0.1) is 14.1 Å². The molecule has 0 aliphatic carbocycles. The second-order valence-corrected chi connectivity index (χ2v) is 7.45. The Kier molecular flexibility index (Phi) is 8.15. The van der Waals surface area contributed by atoms with E-state index in [0.717, 1.165) is 14.3 Å². The van der Waals surface area contributed by atoms with Gasteiger partial charge in [-0.15, -0.1) is 3.89 Å². The molecule has 0 aliphatic rings. The van der Waals surface area contributed by atoms with E-state index in [4.69, 9.17) is 25.2 Å². The highest BCUT2D eigenvalue weighted by atomic mass is 32.9. The largest absolute Gasteiger partial charge is 0.722 e. The Hall–Kier alpha value is -0.140. The number of halogens is 1. The standard InChI is InChI=1S/C7H12N3S4.FHO3S/c1-9(2)5-8-6(14-13-5)10(3)7(11)12-4;1-5(2,3)4/h1-4H3;(H,2,3,4)/q+1;/p-1. The number of aromatic nitrogens is 1. The van der Waals surface area contributed by atoms with Gasteiger partial charge in [0.15, 0.2) is 0 Å². The Morgan fingerprint density at radius 3 is 2.32 bits per heavy atom. The Morgan fingerprint density at radius 2 is 2.00 bits per heavy atom. The second-order valence-electron chi connectivity index (χ2n) is 3.16. The molecule has 0 unspecified atom stereocenters. The molecular weight excluding hydrogens is 353 g/mol. The summed E-state index contributed by atoms with van der Waals surface area (Å²) in [6, 6.07) is 0. The molecule has 1 heterocycles. The minimum atomic E-state index is -5.42. The van der Waals surface area contributed by atoms with Gasteiger partial charge in [-0.2, -0.15) is 0 Å². The highest BCUT2D eigenvalue weighted by Gasteiger charge is 2.15. The zero-order valence-corrected chi connectivity index (χ0v) is 14.6. The van der Waals surface area contributed by atoms with Crippen molar-refractivity contribution < 1.29 is 16.9 Å². The molecule has 6 nitrogen and oxygen atoms in total. The molecule has 0 bridgehead atoms. The summed E-state index contributed by atoms with van der Waals surface area (Å²) < 4.78 is 38.2. The van der Waals surface area contributed by atoms with Gasteiger partial charge >= 0.3 is 9.93 Å². The molecule has 0 aliphatic heterocycles. The summed E-state index contributed by atoms with van der Waals surface area (Å²) in [5.41, 5.74) is 0. The van der Waals surface area contributed by atoms with Crippen molar-refractivity contribution in [1.82, 2.24) is 9.56 Å². The topological polar surface area (TPSA) is 76.3 Å². The van der Waals surface area contributed by atoms with Gasteiger partial charge in [0.1, 0.15) is 4.32 Å². The highest BCUT2D eigenvalue weighted by Crippen LogP contribution is 2.20. The van der Waals surface area contributed by atoms with Crippen LogP contribution in [0.1, 0.15) is 0 Å². The Labute approximate surface area is 128 Å². The molecule has 12 heteroatoms. The van der Waals surface area contributed by atoms with Crippen molar-refractivity contribution in [3.8, 4) is 0 Å². The lowest BCUT2D eigenvalue weighted by Gasteiger charge is -2.10. The molecule has 0 spiro atoms. The maximum atomic E-state index is 10.1. The lowest BCUT2D eigenvalue weighted by atomic mass is 10.9. The van der Waals surface area contributed by atoms with Gasteiger partial charge in [0.2, 0.25) is 0 Å². The summed E-state index contributed by atoms with van der Waals surface area (Å²) in [6.07, 6.45) is 1.97. The van der Waals surface area contributed by atoms with Crippen LogP contribution in [0.5, 0.6) is 0 Å². The molecule has 0 saturated heterocycles. The van der Waals surface area contributed by atoms with E-state index in [1.54, 1.807) is 32.4 Å². The monoisotopic (exact) mass is 365 g/mol. The molecule has 1 rings (SSSR count). The van der Waals surface area contributed by atoms with E-state index in [1.165, 1.54) is 0 Å². The van der Waals surface area contributed by atoms with Gasteiger partial charge in [0.25, 0.3) is 10.5 Å². The summed E-state index contributed by atoms with van der Waals surface area (Å²) in [7, 11) is 3.81. The van der Waals surface area contributed by atoms with Gasteiger partial charge in [-0.3, -0.25) is 9.48 Å². The number of hydrogen-bond acceptors (Lipinski definition) is 8. The number of rotatable bonds is 1. The van der Waals surface area contributed by atoms with Crippen molar-refractivity contribution in [1.29, 1.82) is 0 Å². The number of thiocarbonyl (C=S) groups is 1. The molecule has 1 aromatic heterocycles. The van der Waals surface area contributed by atoms with Crippen LogP contribution in [0, 0.1) is 0 Å². The lowest BCUT2D eigenvalue weighted by Crippen LogP contribution is -2.24. The van der Waals surface area contributed by atoms with Crippen LogP contribution in [0.4, 0.5) is 9.02 Å². The Balaban J connectivity index is 0.000000555. The fourth-order valence-corrected chi connectivity index (χ4v) is 3.54. The molecule has 0 aromatic carbocycles. The third kappa shape index (κ3) is 8.60. The van der Waals surface area contributed by atoms with E-state index in [9.17, 15) is 3.89 Å². The van der Waals surface area contributed by atoms with Crippen molar-refractivity contribution >= 4 is 64.6 Å². The zero-order chi connectivity index (χ0) is 15.2. The quantitative estimate of drug-likeness (QED) is 0.239. The van der Waals surface area contributed by atoms with Crippen molar-refractivity contribution in [2.75, 3.05) is 32.3 Å². The molecular formula is C7H12FN3O3S5. The van der Waals surface area contributed by atoms with Crippen LogP contribution in [0.15, 0.2) is 0 Å². The molecule has 19 heavy (non-hydrogen) atoms. The summed E-state index contributed by atoms with van der Waals surface area (Å²) >= 11 is 6.74. The van der Waals surface area contributed by atoms with Crippen molar-refractivity contribution in [3.63, 3.8) is 0 Å². The van der Waals surface area contributed by atoms with Gasteiger partial charge in [0, 0.05) is 22.4 Å². The van der Waals surface area contributed by atoms with Crippen LogP contribution >= 0.6 is 44.7 Å². The lowest BCUT2D eigenvalue weighted by molar-refractivity contribution is 0.417. The van der Waals surface area contributed by atoms with Gasteiger partial charge in [-0.05, 0) is 16.6 Å². The highest BCUT2D eigenvalue weighted by molar-refractivity contribution is 8.22. The van der Waals surface area contributed by atoms with Crippen molar-refractivity contribution in [2.45, 2.75) is 0 Å². The Bertz CT molecular complexity index is 581. The third-order valence-electron chi connectivity index (χ3n) is 1.50. The third-order valence-corrected chi connectivity index (χ3v) is 5.24. The van der Waals surface area contributed by atoms with Crippen LogP contribution in [-0.2, 0) is 10.5 Å². The molecule has 0 fully saturated rings. The fraction of sp³-hybridized carbons (Fsp3) is 0.571. The van der Waals surface area contributed by atoms with Crippen LogP contribution in [0.3, 0.4) is 0 Å². The maximum Gasteiger partial charge on any atom is 0.390 e. The molecule has 0 atom stereocenters.